The molecule has 0 aromatic heterocycles. The lowest BCUT2D eigenvalue weighted by Gasteiger charge is -2.28. The molecule has 3 atom stereocenters. The first-order valence-electron chi connectivity index (χ1n) is 12.1. The van der Waals surface area contributed by atoms with Crippen LogP contribution < -0.4 is 5.32 Å². The molecule has 34 heavy (non-hydrogen) atoms. The number of unbranched alkanes of at least 4 members (excludes halogenated alkanes) is 1. The molecule has 180 valence electrons. The number of carboxylic acids is 1. The van der Waals surface area contributed by atoms with Crippen LogP contribution in [0.4, 0.5) is 4.79 Å². The summed E-state index contributed by atoms with van der Waals surface area (Å²) in [6.45, 7) is 4.34. The first kappa shape index (κ1) is 23.8. The average Bonchev–Trinajstić information content (AvgIpc) is 3.38. The molecular weight excluding hydrogens is 432 g/mol. The van der Waals surface area contributed by atoms with Gasteiger partial charge in [0.2, 0.25) is 5.91 Å². The summed E-state index contributed by atoms with van der Waals surface area (Å²) in [7, 11) is 0. The third-order valence-corrected chi connectivity index (χ3v) is 7.14. The SMILES string of the molecule is CCCCC(NC(=O)OCC1c2ccccc2-c2ccccc21)C(=O)N1CCC(C(=O)O)C1C. The first-order valence-corrected chi connectivity index (χ1v) is 12.1. The molecule has 1 heterocycles. The second-order valence-corrected chi connectivity index (χ2v) is 9.17. The highest BCUT2D eigenvalue weighted by atomic mass is 16.5. The van der Waals surface area contributed by atoms with Gasteiger partial charge in [-0.1, -0.05) is 68.3 Å². The van der Waals surface area contributed by atoms with E-state index in [1.807, 2.05) is 31.2 Å². The molecule has 3 unspecified atom stereocenters. The van der Waals surface area contributed by atoms with E-state index >= 15 is 0 Å². The predicted molar refractivity (Wildman–Crippen MR) is 128 cm³/mol. The number of aliphatic carboxylic acids is 1. The van der Waals surface area contributed by atoms with Gasteiger partial charge in [-0.3, -0.25) is 9.59 Å². The van der Waals surface area contributed by atoms with Gasteiger partial charge in [0.25, 0.3) is 0 Å². The first-order chi connectivity index (χ1) is 16.4. The molecule has 2 aromatic carbocycles. The second-order valence-electron chi connectivity index (χ2n) is 9.17. The van der Waals surface area contributed by atoms with E-state index in [2.05, 4.69) is 29.6 Å². The maximum atomic E-state index is 13.2. The minimum atomic E-state index is -0.891. The van der Waals surface area contributed by atoms with Crippen molar-refractivity contribution in [3.05, 3.63) is 59.7 Å². The van der Waals surface area contributed by atoms with Crippen LogP contribution in [0.2, 0.25) is 0 Å². The van der Waals surface area contributed by atoms with Gasteiger partial charge in [-0.2, -0.15) is 0 Å². The number of hydrogen-bond acceptors (Lipinski definition) is 4. The summed E-state index contributed by atoms with van der Waals surface area (Å²) >= 11 is 0. The van der Waals surface area contributed by atoms with Gasteiger partial charge < -0.3 is 20.1 Å². The summed E-state index contributed by atoms with van der Waals surface area (Å²) in [6.07, 6.45) is 1.93. The van der Waals surface area contributed by atoms with E-state index < -0.39 is 30.1 Å². The largest absolute Gasteiger partial charge is 0.481 e. The molecule has 0 bridgehead atoms. The summed E-state index contributed by atoms with van der Waals surface area (Å²) in [5, 5.41) is 12.2. The Kier molecular flexibility index (Phi) is 7.20. The van der Waals surface area contributed by atoms with Crippen LogP contribution in [0.1, 0.15) is 56.6 Å². The Morgan fingerprint density at radius 3 is 2.26 bits per heavy atom. The topological polar surface area (TPSA) is 95.9 Å². The van der Waals surface area contributed by atoms with E-state index in [0.717, 1.165) is 35.1 Å². The van der Waals surface area contributed by atoms with Crippen molar-refractivity contribution in [2.24, 2.45) is 5.92 Å². The highest BCUT2D eigenvalue weighted by molar-refractivity contribution is 5.87. The molecule has 1 saturated heterocycles. The van der Waals surface area contributed by atoms with Gasteiger partial charge in [0.05, 0.1) is 5.92 Å². The van der Waals surface area contributed by atoms with Crippen molar-refractivity contribution in [1.29, 1.82) is 0 Å². The zero-order chi connectivity index (χ0) is 24.2. The maximum Gasteiger partial charge on any atom is 0.407 e. The molecule has 1 aliphatic carbocycles. The standard InChI is InChI=1S/C27H32N2O5/c1-3-4-13-24(25(30)29-15-14-18(17(29)2)26(31)32)28-27(33)34-16-23-21-11-7-5-9-19(21)20-10-6-8-12-22(20)23/h5-12,17-18,23-24H,3-4,13-16H2,1-2H3,(H,28,33)(H,31,32). The lowest BCUT2D eigenvalue weighted by atomic mass is 9.98. The number of amides is 2. The molecule has 0 saturated carbocycles. The summed E-state index contributed by atoms with van der Waals surface area (Å²) in [6, 6.07) is 15.1. The summed E-state index contributed by atoms with van der Waals surface area (Å²) in [5.41, 5.74) is 4.56. The van der Waals surface area contributed by atoms with Crippen molar-refractivity contribution < 1.29 is 24.2 Å². The fourth-order valence-corrected chi connectivity index (χ4v) is 5.23. The number of fused-ring (bicyclic) bond motifs is 3. The van der Waals surface area contributed by atoms with Gasteiger partial charge in [0.15, 0.2) is 0 Å². The zero-order valence-corrected chi connectivity index (χ0v) is 19.7. The van der Waals surface area contributed by atoms with Gasteiger partial charge in [-0.25, -0.2) is 4.79 Å². The van der Waals surface area contributed by atoms with E-state index in [9.17, 15) is 19.5 Å². The number of ether oxygens (including phenoxy) is 1. The molecule has 4 rings (SSSR count). The molecule has 7 heteroatoms. The fourth-order valence-electron chi connectivity index (χ4n) is 5.23. The van der Waals surface area contributed by atoms with Crippen LogP contribution in [-0.4, -0.2) is 53.2 Å². The number of carbonyl (C=O) groups is 3. The number of carboxylic acid groups (broad SMARTS) is 1. The van der Waals surface area contributed by atoms with Gasteiger partial charge >= 0.3 is 12.1 Å². The Morgan fingerprint density at radius 1 is 1.09 bits per heavy atom. The van der Waals surface area contributed by atoms with Crippen molar-refractivity contribution in [2.75, 3.05) is 13.2 Å². The normalized spacial score (nSPS) is 19.9. The quantitative estimate of drug-likeness (QED) is 0.604. The smallest absolute Gasteiger partial charge is 0.407 e. The summed E-state index contributed by atoms with van der Waals surface area (Å²) in [5.74, 6) is -1.77. The monoisotopic (exact) mass is 464 g/mol. The van der Waals surface area contributed by atoms with E-state index in [-0.39, 0.29) is 18.4 Å². The molecule has 7 nitrogen and oxygen atoms in total. The Morgan fingerprint density at radius 2 is 1.71 bits per heavy atom. The van der Waals surface area contributed by atoms with Crippen LogP contribution in [0.25, 0.3) is 11.1 Å². The number of nitrogens with one attached hydrogen (secondary N) is 1. The number of carbonyl (C=O) groups excluding carboxylic acids is 2. The Balaban J connectivity index is 1.42. The van der Waals surface area contributed by atoms with Gasteiger partial charge in [0, 0.05) is 18.5 Å². The molecule has 1 aliphatic heterocycles. The van der Waals surface area contributed by atoms with Crippen molar-refractivity contribution in [1.82, 2.24) is 10.2 Å². The van der Waals surface area contributed by atoms with Crippen molar-refractivity contribution in [2.45, 2.75) is 57.5 Å². The van der Waals surface area contributed by atoms with Crippen molar-refractivity contribution in [3.63, 3.8) is 0 Å². The molecule has 0 radical (unpaired) electrons. The molecular formula is C27H32N2O5. The molecule has 2 aromatic rings. The van der Waals surface area contributed by atoms with E-state index in [4.69, 9.17) is 4.74 Å². The van der Waals surface area contributed by atoms with Crippen LogP contribution in [0.3, 0.4) is 0 Å². The predicted octanol–water partition coefficient (Wildman–Crippen LogP) is 4.41. The second kappa shape index (κ2) is 10.3. The van der Waals surface area contributed by atoms with Crippen LogP contribution in [0.5, 0.6) is 0 Å². The van der Waals surface area contributed by atoms with Gasteiger partial charge in [-0.15, -0.1) is 0 Å². The third kappa shape index (κ3) is 4.65. The lowest BCUT2D eigenvalue weighted by molar-refractivity contribution is -0.143. The summed E-state index contributed by atoms with van der Waals surface area (Å²) in [4.78, 5) is 39.0. The van der Waals surface area contributed by atoms with Crippen molar-refractivity contribution in [3.8, 4) is 11.1 Å². The van der Waals surface area contributed by atoms with Crippen LogP contribution >= 0.6 is 0 Å². The third-order valence-electron chi connectivity index (χ3n) is 7.14. The number of benzene rings is 2. The minimum Gasteiger partial charge on any atom is -0.481 e. The molecule has 0 spiro atoms. The van der Waals surface area contributed by atoms with Crippen molar-refractivity contribution >= 4 is 18.0 Å². The molecule has 2 aliphatic rings. The number of hydrogen-bond donors (Lipinski definition) is 2. The average molecular weight is 465 g/mol. The Hall–Kier alpha value is -3.35. The number of rotatable bonds is 8. The lowest BCUT2D eigenvalue weighted by Crippen LogP contribution is -2.50. The number of alkyl carbamates (subject to hydrolysis) is 1. The van der Waals surface area contributed by atoms with Gasteiger partial charge in [0.1, 0.15) is 12.6 Å². The van der Waals surface area contributed by atoms with Gasteiger partial charge in [-0.05, 0) is 42.0 Å². The number of nitrogens with zero attached hydrogens (tertiary/aromatic N) is 1. The molecule has 2 amide bonds. The van der Waals surface area contributed by atoms with Crippen LogP contribution in [0, 0.1) is 5.92 Å². The minimum absolute atomic E-state index is 0.0575. The molecule has 1 fully saturated rings. The maximum absolute atomic E-state index is 13.2. The fraction of sp³-hybridized carbons (Fsp3) is 0.444. The Bertz CT molecular complexity index is 1020. The molecule has 2 N–H and O–H groups in total. The van der Waals surface area contributed by atoms with E-state index in [1.54, 1.807) is 11.8 Å². The highest BCUT2D eigenvalue weighted by Gasteiger charge is 2.40. The highest BCUT2D eigenvalue weighted by Crippen LogP contribution is 2.44. The van der Waals surface area contributed by atoms with Crippen LogP contribution in [0.15, 0.2) is 48.5 Å². The van der Waals surface area contributed by atoms with E-state index in [0.29, 0.717) is 19.4 Å². The zero-order valence-electron chi connectivity index (χ0n) is 19.7. The Labute approximate surface area is 200 Å². The summed E-state index contributed by atoms with van der Waals surface area (Å²) < 4.78 is 5.63. The van der Waals surface area contributed by atoms with Crippen LogP contribution in [-0.2, 0) is 14.3 Å². The number of likely N-dealkylation sites (tertiary alicyclic amines) is 1. The van der Waals surface area contributed by atoms with E-state index in [1.165, 1.54) is 0 Å².